The summed E-state index contributed by atoms with van der Waals surface area (Å²) in [4.78, 5) is 0. The van der Waals surface area contributed by atoms with Gasteiger partial charge in [-0.05, 0) is 31.6 Å². The predicted octanol–water partition coefficient (Wildman–Crippen LogP) is 0.968. The van der Waals surface area contributed by atoms with Crippen molar-refractivity contribution in [3.05, 3.63) is 0 Å². The van der Waals surface area contributed by atoms with Gasteiger partial charge in [0.25, 0.3) is 0 Å². The third kappa shape index (κ3) is 3.93. The zero-order chi connectivity index (χ0) is 12.3. The minimum Gasteiger partial charge on any atom is -0.381 e. The molecule has 0 radical (unpaired) electrons. The number of nitrogens with one attached hydrogen (secondary N) is 1. The van der Waals surface area contributed by atoms with Crippen molar-refractivity contribution in [3.63, 3.8) is 0 Å². The Bertz CT molecular complexity index is 336. The van der Waals surface area contributed by atoms with E-state index in [2.05, 4.69) is 5.32 Å². The van der Waals surface area contributed by atoms with Gasteiger partial charge in [0.05, 0.1) is 11.9 Å². The van der Waals surface area contributed by atoms with Crippen molar-refractivity contribution in [3.8, 4) is 0 Å². The Morgan fingerprint density at radius 2 is 2.12 bits per heavy atom. The van der Waals surface area contributed by atoms with Gasteiger partial charge in [-0.15, -0.1) is 0 Å². The second-order valence-electron chi connectivity index (χ2n) is 5.45. The zero-order valence-corrected chi connectivity index (χ0v) is 11.3. The largest absolute Gasteiger partial charge is 0.381 e. The molecule has 1 saturated carbocycles. The maximum absolute atomic E-state index is 11.5. The van der Waals surface area contributed by atoms with Gasteiger partial charge < -0.3 is 10.1 Å². The molecule has 5 heteroatoms. The van der Waals surface area contributed by atoms with Gasteiger partial charge in [-0.3, -0.25) is 0 Å². The topological polar surface area (TPSA) is 55.4 Å². The third-order valence-corrected chi connectivity index (χ3v) is 5.59. The molecule has 1 saturated heterocycles. The molecule has 0 spiro atoms. The lowest BCUT2D eigenvalue weighted by molar-refractivity contribution is 0.184. The molecule has 1 aliphatic heterocycles. The Morgan fingerprint density at radius 1 is 1.29 bits per heavy atom. The van der Waals surface area contributed by atoms with Crippen molar-refractivity contribution in [1.29, 1.82) is 0 Å². The van der Waals surface area contributed by atoms with E-state index in [1.165, 1.54) is 6.26 Å². The van der Waals surface area contributed by atoms with Crippen LogP contribution >= 0.6 is 0 Å². The van der Waals surface area contributed by atoms with Crippen molar-refractivity contribution in [2.75, 3.05) is 26.0 Å². The predicted molar refractivity (Wildman–Crippen MR) is 67.8 cm³/mol. The van der Waals surface area contributed by atoms with Crippen molar-refractivity contribution in [2.45, 2.75) is 43.4 Å². The molecule has 0 bridgehead atoms. The highest BCUT2D eigenvalue weighted by Crippen LogP contribution is 2.24. The molecule has 1 N–H and O–H groups in total. The summed E-state index contributed by atoms with van der Waals surface area (Å²) in [6.45, 7) is 2.71. The van der Waals surface area contributed by atoms with Crippen molar-refractivity contribution >= 4 is 9.84 Å². The summed E-state index contributed by atoms with van der Waals surface area (Å²) in [5.74, 6) is 0.619. The Morgan fingerprint density at radius 3 is 2.76 bits per heavy atom. The summed E-state index contributed by atoms with van der Waals surface area (Å²) in [7, 11) is -2.86. The lowest BCUT2D eigenvalue weighted by atomic mass is 9.94. The normalized spacial score (nSPS) is 35.0. The Hall–Kier alpha value is -0.130. The molecule has 1 aliphatic carbocycles. The fraction of sp³-hybridized carbons (Fsp3) is 1.00. The average Bonchev–Trinajstić information content (AvgIpc) is 2.78. The number of hydrogen-bond donors (Lipinski definition) is 1. The van der Waals surface area contributed by atoms with Gasteiger partial charge in [0.2, 0.25) is 0 Å². The first-order valence-electron chi connectivity index (χ1n) is 6.55. The average molecular weight is 261 g/mol. The molecule has 17 heavy (non-hydrogen) atoms. The standard InChI is InChI=1S/C12H23NO3S/c1-17(14,15)12-4-2-3-11(7-12)13-8-10-5-6-16-9-10/h10-13H,2-9H2,1H3. The van der Waals surface area contributed by atoms with Gasteiger partial charge in [-0.1, -0.05) is 6.42 Å². The van der Waals surface area contributed by atoms with E-state index in [1.54, 1.807) is 0 Å². The molecular formula is C12H23NO3S. The minimum absolute atomic E-state index is 0.131. The molecule has 2 aliphatic rings. The molecule has 0 amide bonds. The maximum atomic E-state index is 11.5. The van der Waals surface area contributed by atoms with Crippen LogP contribution < -0.4 is 5.32 Å². The smallest absolute Gasteiger partial charge is 0.150 e. The zero-order valence-electron chi connectivity index (χ0n) is 10.5. The summed E-state index contributed by atoms with van der Waals surface area (Å²) in [5, 5.41) is 3.39. The van der Waals surface area contributed by atoms with Gasteiger partial charge in [0.1, 0.15) is 9.84 Å². The number of rotatable bonds is 4. The summed E-state index contributed by atoms with van der Waals surface area (Å²) < 4.78 is 28.4. The SMILES string of the molecule is CS(=O)(=O)C1CCCC(NCC2CCOC2)C1. The van der Waals surface area contributed by atoms with Gasteiger partial charge in [-0.25, -0.2) is 8.42 Å². The van der Waals surface area contributed by atoms with Gasteiger partial charge in [-0.2, -0.15) is 0 Å². The van der Waals surface area contributed by atoms with Gasteiger partial charge in [0.15, 0.2) is 0 Å². The van der Waals surface area contributed by atoms with E-state index in [-0.39, 0.29) is 5.25 Å². The van der Waals surface area contributed by atoms with Gasteiger partial charge in [0, 0.05) is 25.4 Å². The van der Waals surface area contributed by atoms with Crippen LogP contribution in [0.1, 0.15) is 32.1 Å². The fourth-order valence-electron chi connectivity index (χ4n) is 2.80. The lowest BCUT2D eigenvalue weighted by Crippen LogP contribution is -2.40. The first kappa shape index (κ1) is 13.3. The van der Waals surface area contributed by atoms with E-state index >= 15 is 0 Å². The summed E-state index contributed by atoms with van der Waals surface area (Å²) in [6, 6.07) is 0.379. The van der Waals surface area contributed by atoms with Crippen LogP contribution in [0.3, 0.4) is 0 Å². The molecule has 0 aromatic heterocycles. The molecule has 0 aromatic rings. The van der Waals surface area contributed by atoms with E-state index in [9.17, 15) is 8.42 Å². The van der Waals surface area contributed by atoms with Crippen LogP contribution in [0.25, 0.3) is 0 Å². The van der Waals surface area contributed by atoms with Gasteiger partial charge >= 0.3 is 0 Å². The van der Waals surface area contributed by atoms with E-state index in [4.69, 9.17) is 4.74 Å². The van der Waals surface area contributed by atoms with E-state index in [0.29, 0.717) is 12.0 Å². The minimum atomic E-state index is -2.86. The van der Waals surface area contributed by atoms with Crippen LogP contribution in [0.4, 0.5) is 0 Å². The number of hydrogen-bond acceptors (Lipinski definition) is 4. The highest BCUT2D eigenvalue weighted by Gasteiger charge is 2.29. The second-order valence-corrected chi connectivity index (χ2v) is 7.78. The Balaban J connectivity index is 1.77. The van der Waals surface area contributed by atoms with Crippen molar-refractivity contribution < 1.29 is 13.2 Å². The summed E-state index contributed by atoms with van der Waals surface area (Å²) in [6.07, 6.45) is 6.26. The van der Waals surface area contributed by atoms with Crippen LogP contribution in [0.5, 0.6) is 0 Å². The quantitative estimate of drug-likeness (QED) is 0.819. The second kappa shape index (κ2) is 5.67. The molecule has 2 rings (SSSR count). The maximum Gasteiger partial charge on any atom is 0.150 e. The Labute approximate surface area is 104 Å². The van der Waals surface area contributed by atoms with Crippen LogP contribution in [0.15, 0.2) is 0 Å². The van der Waals surface area contributed by atoms with Crippen LogP contribution in [0.2, 0.25) is 0 Å². The molecule has 0 aromatic carbocycles. The first-order chi connectivity index (χ1) is 8.05. The molecule has 2 fully saturated rings. The fourth-order valence-corrected chi connectivity index (χ4v) is 3.97. The highest BCUT2D eigenvalue weighted by atomic mass is 32.2. The van der Waals surface area contributed by atoms with E-state index in [1.807, 2.05) is 0 Å². The molecule has 4 nitrogen and oxygen atoms in total. The van der Waals surface area contributed by atoms with E-state index in [0.717, 1.165) is 51.9 Å². The summed E-state index contributed by atoms with van der Waals surface area (Å²) >= 11 is 0. The lowest BCUT2D eigenvalue weighted by Gasteiger charge is -2.29. The molecule has 1 heterocycles. The monoisotopic (exact) mass is 261 g/mol. The molecule has 3 atom stereocenters. The van der Waals surface area contributed by atoms with E-state index < -0.39 is 9.84 Å². The Kier molecular flexibility index (Phi) is 4.44. The molecular weight excluding hydrogens is 238 g/mol. The van der Waals surface area contributed by atoms with Crippen LogP contribution in [0, 0.1) is 5.92 Å². The van der Waals surface area contributed by atoms with Crippen LogP contribution in [-0.4, -0.2) is 45.7 Å². The highest BCUT2D eigenvalue weighted by molar-refractivity contribution is 7.91. The van der Waals surface area contributed by atoms with Crippen molar-refractivity contribution in [2.24, 2.45) is 5.92 Å². The summed E-state index contributed by atoms with van der Waals surface area (Å²) in [5.41, 5.74) is 0. The third-order valence-electron chi connectivity index (χ3n) is 3.95. The van der Waals surface area contributed by atoms with Crippen molar-refractivity contribution in [1.82, 2.24) is 5.32 Å². The molecule has 100 valence electrons. The first-order valence-corrected chi connectivity index (χ1v) is 8.51. The van der Waals surface area contributed by atoms with Crippen LogP contribution in [-0.2, 0) is 14.6 Å². The molecule has 3 unspecified atom stereocenters. The number of sulfone groups is 1. The number of ether oxygens (including phenoxy) is 1.